The molecule has 0 aromatic heterocycles. The molecule has 0 atom stereocenters. The van der Waals surface area contributed by atoms with Crippen molar-refractivity contribution in [2.24, 2.45) is 0 Å². The lowest BCUT2D eigenvalue weighted by Gasteiger charge is -2.08. The number of nitrogens with zero attached hydrogens (tertiary/aromatic N) is 1. The molecule has 10 heteroatoms. The first-order chi connectivity index (χ1) is 9.27. The van der Waals surface area contributed by atoms with Gasteiger partial charge in [-0.25, -0.2) is 12.8 Å². The maximum Gasteiger partial charge on any atom is 0.312 e. The van der Waals surface area contributed by atoms with Crippen molar-refractivity contribution in [1.82, 2.24) is 0 Å². The topological polar surface area (TPSA) is 86.5 Å². The Balaban J connectivity index is 3.12. The molecular weight excluding hydrogens is 333 g/mol. The normalized spacial score (nSPS) is 11.3. The number of hydrogen-bond donors (Lipinski definition) is 0. The molecule has 20 heavy (non-hydrogen) atoms. The van der Waals surface area contributed by atoms with Crippen LogP contribution in [0.3, 0.4) is 0 Å². The van der Waals surface area contributed by atoms with Gasteiger partial charge in [0.25, 0.3) is 9.05 Å². The predicted molar refractivity (Wildman–Crippen MR) is 74.6 cm³/mol. The van der Waals surface area contributed by atoms with Crippen LogP contribution >= 0.6 is 22.4 Å². The minimum absolute atomic E-state index is 0.161. The van der Waals surface area contributed by atoms with Crippen LogP contribution in [0.5, 0.6) is 5.75 Å². The Morgan fingerprint density at radius 1 is 1.50 bits per heavy atom. The number of ether oxygens (including phenoxy) is 1. The third kappa shape index (κ3) is 4.50. The molecule has 0 amide bonds. The summed E-state index contributed by atoms with van der Waals surface area (Å²) < 4.78 is 40.9. The molecule has 112 valence electrons. The van der Waals surface area contributed by atoms with Crippen molar-refractivity contribution in [2.45, 2.75) is 11.3 Å². The van der Waals surface area contributed by atoms with Crippen LogP contribution < -0.4 is 4.74 Å². The molecule has 0 aliphatic rings. The maximum absolute atomic E-state index is 13.6. The second-order valence-electron chi connectivity index (χ2n) is 3.64. The molecule has 0 bridgehead atoms. The average molecular weight is 344 g/mol. The van der Waals surface area contributed by atoms with Crippen LogP contribution in [-0.2, 0) is 9.05 Å². The molecule has 6 nitrogen and oxygen atoms in total. The summed E-state index contributed by atoms with van der Waals surface area (Å²) in [6.07, 6.45) is 2.51. The molecule has 1 aromatic rings. The van der Waals surface area contributed by atoms with Crippen LogP contribution in [-0.4, -0.2) is 32.0 Å². The van der Waals surface area contributed by atoms with E-state index in [2.05, 4.69) is 0 Å². The summed E-state index contributed by atoms with van der Waals surface area (Å²) in [7, 11) is 0.603. The van der Waals surface area contributed by atoms with Crippen molar-refractivity contribution < 1.29 is 22.5 Å². The van der Waals surface area contributed by atoms with Crippen molar-refractivity contribution >= 4 is 37.2 Å². The zero-order valence-corrected chi connectivity index (χ0v) is 12.7. The number of rotatable bonds is 7. The molecule has 1 aromatic carbocycles. The van der Waals surface area contributed by atoms with E-state index in [1.54, 1.807) is 11.8 Å². The fourth-order valence-corrected chi connectivity index (χ4v) is 2.66. The van der Waals surface area contributed by atoms with E-state index in [1.165, 1.54) is 0 Å². The molecule has 0 saturated carbocycles. The van der Waals surface area contributed by atoms with Gasteiger partial charge in [0, 0.05) is 22.8 Å². The summed E-state index contributed by atoms with van der Waals surface area (Å²) in [5, 5.41) is 10.9. The first-order valence-electron chi connectivity index (χ1n) is 5.31. The highest BCUT2D eigenvalue weighted by Gasteiger charge is 2.25. The molecule has 1 rings (SSSR count). The molecule has 0 unspecified atom stereocenters. The van der Waals surface area contributed by atoms with Crippen molar-refractivity contribution in [3.63, 3.8) is 0 Å². The lowest BCUT2D eigenvalue weighted by atomic mass is 10.3. The lowest BCUT2D eigenvalue weighted by molar-refractivity contribution is -0.386. The van der Waals surface area contributed by atoms with Crippen molar-refractivity contribution in [1.29, 1.82) is 0 Å². The second kappa shape index (κ2) is 7.09. The second-order valence-corrected chi connectivity index (χ2v) is 7.16. The molecule has 0 radical (unpaired) electrons. The van der Waals surface area contributed by atoms with E-state index < -0.39 is 30.4 Å². The third-order valence-corrected chi connectivity index (χ3v) is 4.26. The van der Waals surface area contributed by atoms with Crippen LogP contribution in [0.15, 0.2) is 17.0 Å². The quantitative estimate of drug-likeness (QED) is 0.327. The first kappa shape index (κ1) is 17.0. The molecular formula is C10H11ClFNO5S2. The highest BCUT2D eigenvalue weighted by molar-refractivity contribution is 8.13. The summed E-state index contributed by atoms with van der Waals surface area (Å²) in [4.78, 5) is 9.07. The molecule has 0 fully saturated rings. The minimum atomic E-state index is -4.40. The first-order valence-corrected chi connectivity index (χ1v) is 9.02. The van der Waals surface area contributed by atoms with E-state index >= 15 is 0 Å². The standard InChI is InChI=1S/C10H11ClFNO5S2/c1-19-4-2-3-18-9-5-7(12)10(20(11,16)17)6-8(9)13(14)15/h5-6H,2-4H2,1H3. The van der Waals surface area contributed by atoms with Gasteiger partial charge in [0.15, 0.2) is 5.75 Å². The van der Waals surface area contributed by atoms with Gasteiger partial charge in [-0.05, 0) is 18.4 Å². The van der Waals surface area contributed by atoms with Gasteiger partial charge in [-0.1, -0.05) is 0 Å². The zero-order chi connectivity index (χ0) is 15.3. The van der Waals surface area contributed by atoms with Gasteiger partial charge < -0.3 is 4.74 Å². The SMILES string of the molecule is CSCCCOc1cc(F)c(S(=O)(=O)Cl)cc1[N+](=O)[O-]. The Kier molecular flexibility index (Phi) is 6.03. The van der Waals surface area contributed by atoms with Crippen LogP contribution in [0.2, 0.25) is 0 Å². The third-order valence-electron chi connectivity index (χ3n) is 2.22. The number of nitro groups is 1. The van der Waals surface area contributed by atoms with E-state index in [4.69, 9.17) is 15.4 Å². The lowest BCUT2D eigenvalue weighted by Crippen LogP contribution is -2.04. The molecule has 0 aliphatic heterocycles. The fourth-order valence-electron chi connectivity index (χ4n) is 1.35. The summed E-state index contributed by atoms with van der Waals surface area (Å²) in [6, 6.07) is 1.22. The van der Waals surface area contributed by atoms with Gasteiger partial charge in [-0.3, -0.25) is 10.1 Å². The molecule has 0 saturated heterocycles. The Morgan fingerprint density at radius 2 is 2.15 bits per heavy atom. The Labute approximate surface area is 123 Å². The zero-order valence-electron chi connectivity index (χ0n) is 10.3. The Bertz CT molecular complexity index is 608. The fraction of sp³-hybridized carbons (Fsp3) is 0.400. The number of thioether (sulfide) groups is 1. The molecule has 0 heterocycles. The van der Waals surface area contributed by atoms with Gasteiger partial charge in [0.05, 0.1) is 11.5 Å². The average Bonchev–Trinajstić information content (AvgIpc) is 2.32. The Morgan fingerprint density at radius 3 is 2.65 bits per heavy atom. The van der Waals surface area contributed by atoms with E-state index in [9.17, 15) is 22.9 Å². The van der Waals surface area contributed by atoms with Gasteiger partial charge in [0.1, 0.15) is 10.7 Å². The maximum atomic E-state index is 13.6. The minimum Gasteiger partial charge on any atom is -0.487 e. The van der Waals surface area contributed by atoms with Gasteiger partial charge >= 0.3 is 5.69 Å². The summed E-state index contributed by atoms with van der Waals surface area (Å²) >= 11 is 1.57. The predicted octanol–water partition coefficient (Wildman–Crippen LogP) is 2.79. The van der Waals surface area contributed by atoms with E-state index in [0.29, 0.717) is 18.6 Å². The van der Waals surface area contributed by atoms with Gasteiger partial charge in [-0.2, -0.15) is 11.8 Å². The highest BCUT2D eigenvalue weighted by Crippen LogP contribution is 2.33. The van der Waals surface area contributed by atoms with Gasteiger partial charge in [0.2, 0.25) is 0 Å². The van der Waals surface area contributed by atoms with E-state index in [1.807, 2.05) is 6.26 Å². The van der Waals surface area contributed by atoms with Crippen LogP contribution in [0.4, 0.5) is 10.1 Å². The van der Waals surface area contributed by atoms with Crippen LogP contribution in [0.1, 0.15) is 6.42 Å². The largest absolute Gasteiger partial charge is 0.487 e. The Hall–Kier alpha value is -1.06. The molecule has 0 N–H and O–H groups in total. The van der Waals surface area contributed by atoms with Gasteiger partial charge in [-0.15, -0.1) is 0 Å². The summed E-state index contributed by atoms with van der Waals surface area (Å²) in [5.41, 5.74) is -0.644. The molecule has 0 aliphatic carbocycles. The number of halogens is 2. The summed E-state index contributed by atoms with van der Waals surface area (Å²) in [6.45, 7) is 0.161. The van der Waals surface area contributed by atoms with Crippen LogP contribution in [0, 0.1) is 15.9 Å². The van der Waals surface area contributed by atoms with E-state index in [-0.39, 0.29) is 12.4 Å². The number of nitro benzene ring substituents is 1. The monoisotopic (exact) mass is 343 g/mol. The number of benzene rings is 1. The molecule has 0 spiro atoms. The van der Waals surface area contributed by atoms with Crippen LogP contribution in [0.25, 0.3) is 0 Å². The smallest absolute Gasteiger partial charge is 0.312 e. The highest BCUT2D eigenvalue weighted by atomic mass is 35.7. The van der Waals surface area contributed by atoms with Crippen molar-refractivity contribution in [3.8, 4) is 5.75 Å². The van der Waals surface area contributed by atoms with E-state index in [0.717, 1.165) is 5.75 Å². The number of hydrogen-bond acceptors (Lipinski definition) is 6. The summed E-state index contributed by atoms with van der Waals surface area (Å²) in [5.74, 6) is -0.729. The van der Waals surface area contributed by atoms with Crippen molar-refractivity contribution in [3.05, 3.63) is 28.1 Å². The van der Waals surface area contributed by atoms with Crippen molar-refractivity contribution in [2.75, 3.05) is 18.6 Å².